The molecule has 0 saturated heterocycles. The number of nitro groups is 1. The molecule has 1 amide bonds. The first-order chi connectivity index (χ1) is 15.4. The predicted octanol–water partition coefficient (Wildman–Crippen LogP) is 3.34. The van der Waals surface area contributed by atoms with Crippen LogP contribution in [0.3, 0.4) is 0 Å². The van der Waals surface area contributed by atoms with Gasteiger partial charge in [0.05, 0.1) is 0 Å². The second kappa shape index (κ2) is 8.50. The van der Waals surface area contributed by atoms with Crippen molar-refractivity contribution in [2.75, 3.05) is 6.61 Å². The molecule has 0 bridgehead atoms. The van der Waals surface area contributed by atoms with Gasteiger partial charge in [0.25, 0.3) is 0 Å². The summed E-state index contributed by atoms with van der Waals surface area (Å²) in [6, 6.07) is 13.2. The van der Waals surface area contributed by atoms with Crippen LogP contribution in [-0.2, 0) is 9.53 Å². The molecule has 2 aromatic carbocycles. The van der Waals surface area contributed by atoms with Crippen molar-refractivity contribution < 1.29 is 24.4 Å². The zero-order chi connectivity index (χ0) is 22.8. The molecule has 1 aliphatic carbocycles. The number of carbonyl (C=O) groups is 2. The first kappa shape index (κ1) is 21.0. The van der Waals surface area contributed by atoms with Gasteiger partial charge in [0.1, 0.15) is 25.0 Å². The van der Waals surface area contributed by atoms with Crippen molar-refractivity contribution in [2.45, 2.75) is 24.9 Å². The summed E-state index contributed by atoms with van der Waals surface area (Å²) in [5.41, 5.74) is 4.19. The third-order valence-corrected chi connectivity index (χ3v) is 5.62. The Bertz CT molecular complexity index is 1140. The molecule has 2 N–H and O–H groups in total. The largest absolute Gasteiger partial charge is 0.480 e. The molecule has 0 radical (unpaired) electrons. The number of benzene rings is 2. The van der Waals surface area contributed by atoms with E-state index in [0.29, 0.717) is 0 Å². The molecule has 32 heavy (non-hydrogen) atoms. The van der Waals surface area contributed by atoms with Crippen molar-refractivity contribution in [1.82, 2.24) is 14.9 Å². The number of aliphatic carboxylic acids is 1. The van der Waals surface area contributed by atoms with Crippen LogP contribution >= 0.6 is 0 Å². The highest BCUT2D eigenvalue weighted by Gasteiger charge is 2.34. The molecular formula is C22H20N4O6. The molecule has 3 aromatic rings. The molecule has 0 unspecified atom stereocenters. The van der Waals surface area contributed by atoms with E-state index in [4.69, 9.17) is 4.74 Å². The highest BCUT2D eigenvalue weighted by atomic mass is 16.6. The fraction of sp³-hybridized carbons (Fsp3) is 0.227. The standard InChI is InChI=1S/C22H20N4O6/c1-13(25-11-10-23-21(25)26(30)31)19(20(27)28)24-22(29)32-12-18-16-8-4-2-6-14(16)15-7-3-5-9-17(15)18/h2-11,13,18-19H,12H2,1H3,(H,24,29)(H,27,28)/t13-,19-/m0/s1. The molecule has 0 fully saturated rings. The van der Waals surface area contributed by atoms with Crippen LogP contribution in [0.15, 0.2) is 60.9 Å². The zero-order valence-corrected chi connectivity index (χ0v) is 17.0. The van der Waals surface area contributed by atoms with Gasteiger partial charge in [0.15, 0.2) is 6.04 Å². The number of hydrogen-bond acceptors (Lipinski definition) is 6. The van der Waals surface area contributed by atoms with E-state index in [1.165, 1.54) is 19.3 Å². The summed E-state index contributed by atoms with van der Waals surface area (Å²) in [6.45, 7) is 1.46. The van der Waals surface area contributed by atoms with Crippen molar-refractivity contribution in [2.24, 2.45) is 0 Å². The molecule has 2 atom stereocenters. The number of amides is 1. The summed E-state index contributed by atoms with van der Waals surface area (Å²) >= 11 is 0. The van der Waals surface area contributed by atoms with E-state index in [1.807, 2.05) is 48.5 Å². The molecule has 4 rings (SSSR count). The predicted molar refractivity (Wildman–Crippen MR) is 113 cm³/mol. The first-order valence-electron chi connectivity index (χ1n) is 9.90. The van der Waals surface area contributed by atoms with Gasteiger partial charge in [-0.2, -0.15) is 0 Å². The lowest BCUT2D eigenvalue weighted by molar-refractivity contribution is -0.397. The number of nitrogens with zero attached hydrogens (tertiary/aromatic N) is 3. The topological polar surface area (TPSA) is 137 Å². The Hall–Kier alpha value is -4.21. The summed E-state index contributed by atoms with van der Waals surface area (Å²) in [7, 11) is 0. The number of alkyl carbamates (subject to hydrolysis) is 1. The number of ether oxygens (including phenoxy) is 1. The fourth-order valence-electron chi connectivity index (χ4n) is 4.08. The second-order valence-electron chi connectivity index (χ2n) is 7.42. The Morgan fingerprint density at radius 2 is 1.78 bits per heavy atom. The van der Waals surface area contributed by atoms with E-state index in [9.17, 15) is 24.8 Å². The molecule has 1 aromatic heterocycles. The van der Waals surface area contributed by atoms with Gasteiger partial charge in [-0.25, -0.2) is 14.2 Å². The van der Waals surface area contributed by atoms with E-state index in [0.717, 1.165) is 26.8 Å². The Morgan fingerprint density at radius 1 is 1.19 bits per heavy atom. The molecular weight excluding hydrogens is 416 g/mol. The van der Waals surface area contributed by atoms with Crippen molar-refractivity contribution >= 4 is 18.0 Å². The number of imidazole rings is 1. The minimum Gasteiger partial charge on any atom is -0.480 e. The SMILES string of the molecule is C[C@@H]([C@H](NC(=O)OCC1c2ccccc2-c2ccccc21)C(=O)O)n1ccnc1[N+](=O)[O-]. The van der Waals surface area contributed by atoms with E-state index in [1.54, 1.807) is 0 Å². The molecule has 0 aliphatic heterocycles. The van der Waals surface area contributed by atoms with Crippen LogP contribution in [-0.4, -0.2) is 44.3 Å². The van der Waals surface area contributed by atoms with Crippen LogP contribution < -0.4 is 5.32 Å². The Kier molecular flexibility index (Phi) is 5.59. The molecule has 164 valence electrons. The molecule has 1 aliphatic rings. The van der Waals surface area contributed by atoms with Gasteiger partial charge in [0.2, 0.25) is 0 Å². The number of hydrogen-bond donors (Lipinski definition) is 2. The summed E-state index contributed by atoms with van der Waals surface area (Å²) in [4.78, 5) is 38.3. The second-order valence-corrected chi connectivity index (χ2v) is 7.42. The molecule has 10 heteroatoms. The zero-order valence-electron chi connectivity index (χ0n) is 17.0. The van der Waals surface area contributed by atoms with E-state index in [2.05, 4.69) is 10.3 Å². The number of rotatable bonds is 7. The van der Waals surface area contributed by atoms with Crippen molar-refractivity contribution in [3.63, 3.8) is 0 Å². The lowest BCUT2D eigenvalue weighted by Gasteiger charge is -2.21. The molecule has 1 heterocycles. The van der Waals surface area contributed by atoms with Gasteiger partial charge >= 0.3 is 18.0 Å². The number of fused-ring (bicyclic) bond motifs is 3. The Labute approximate surface area is 182 Å². The van der Waals surface area contributed by atoms with Crippen molar-refractivity contribution in [3.05, 3.63) is 82.2 Å². The number of carboxylic acids is 1. The van der Waals surface area contributed by atoms with Crippen molar-refractivity contribution in [1.29, 1.82) is 0 Å². The highest BCUT2D eigenvalue weighted by molar-refractivity contribution is 5.81. The van der Waals surface area contributed by atoms with E-state index in [-0.39, 0.29) is 12.5 Å². The quantitative estimate of drug-likeness (QED) is 0.428. The van der Waals surface area contributed by atoms with Crippen LogP contribution in [0.5, 0.6) is 0 Å². The fourth-order valence-corrected chi connectivity index (χ4v) is 4.08. The van der Waals surface area contributed by atoms with Gasteiger partial charge in [-0.1, -0.05) is 53.5 Å². The van der Waals surface area contributed by atoms with Gasteiger partial charge < -0.3 is 25.3 Å². The summed E-state index contributed by atoms with van der Waals surface area (Å²) in [6.07, 6.45) is 1.56. The maximum absolute atomic E-state index is 12.5. The normalized spacial score (nSPS) is 14.2. The Balaban J connectivity index is 1.48. The van der Waals surface area contributed by atoms with E-state index >= 15 is 0 Å². The average Bonchev–Trinajstić information content (AvgIpc) is 3.39. The van der Waals surface area contributed by atoms with Gasteiger partial charge in [-0.05, 0) is 34.1 Å². The number of carboxylic acid groups (broad SMARTS) is 1. The number of carbonyl (C=O) groups excluding carboxylic acids is 1. The lowest BCUT2D eigenvalue weighted by Crippen LogP contribution is -2.46. The minimum absolute atomic E-state index is 0.0196. The first-order valence-corrected chi connectivity index (χ1v) is 9.90. The number of aromatic nitrogens is 2. The lowest BCUT2D eigenvalue weighted by atomic mass is 9.98. The minimum atomic E-state index is -1.46. The third-order valence-electron chi connectivity index (χ3n) is 5.62. The molecule has 0 saturated carbocycles. The third kappa shape index (κ3) is 3.78. The maximum atomic E-state index is 12.5. The van der Waals surface area contributed by atoms with Gasteiger partial charge in [-0.3, -0.25) is 0 Å². The van der Waals surface area contributed by atoms with Crippen molar-refractivity contribution in [3.8, 4) is 11.1 Å². The van der Waals surface area contributed by atoms with Crippen LogP contribution in [0.1, 0.15) is 30.0 Å². The van der Waals surface area contributed by atoms with Crippen LogP contribution in [0.25, 0.3) is 11.1 Å². The Morgan fingerprint density at radius 3 is 2.34 bits per heavy atom. The van der Waals surface area contributed by atoms with Crippen LogP contribution in [0, 0.1) is 10.1 Å². The summed E-state index contributed by atoms with van der Waals surface area (Å²) in [5, 5.41) is 23.0. The van der Waals surface area contributed by atoms with Gasteiger partial charge in [0, 0.05) is 5.92 Å². The van der Waals surface area contributed by atoms with Gasteiger partial charge in [-0.15, -0.1) is 0 Å². The summed E-state index contributed by atoms with van der Waals surface area (Å²) in [5.74, 6) is -2.05. The maximum Gasteiger partial charge on any atom is 0.434 e. The molecule has 10 nitrogen and oxygen atoms in total. The number of nitrogens with one attached hydrogen (secondary N) is 1. The van der Waals surface area contributed by atoms with Crippen LogP contribution in [0.4, 0.5) is 10.7 Å². The van der Waals surface area contributed by atoms with E-state index < -0.39 is 35.0 Å². The van der Waals surface area contributed by atoms with Crippen LogP contribution in [0.2, 0.25) is 0 Å². The molecule has 0 spiro atoms. The average molecular weight is 436 g/mol. The smallest absolute Gasteiger partial charge is 0.434 e. The monoisotopic (exact) mass is 436 g/mol. The highest BCUT2D eigenvalue weighted by Crippen LogP contribution is 2.44. The summed E-state index contributed by atoms with van der Waals surface area (Å²) < 4.78 is 6.48.